The molecule has 4 heteroatoms. The SMILES string of the molecule is CC.CC.CCC(=O)COCCOCCN. The summed E-state index contributed by atoms with van der Waals surface area (Å²) in [6, 6.07) is 0. The Labute approximate surface area is 100 Å². The molecule has 0 spiro atoms. The third kappa shape index (κ3) is 23.4. The first kappa shape index (κ1) is 20.9. The minimum atomic E-state index is 0.119. The molecule has 0 aliphatic heterocycles. The number of rotatable bonds is 8. The molecule has 0 aromatic carbocycles. The van der Waals surface area contributed by atoms with Crippen molar-refractivity contribution in [3.05, 3.63) is 0 Å². The van der Waals surface area contributed by atoms with Crippen LogP contribution in [0.5, 0.6) is 0 Å². The number of ketones is 1. The van der Waals surface area contributed by atoms with Crippen LogP contribution in [0.2, 0.25) is 0 Å². The minimum Gasteiger partial charge on any atom is -0.378 e. The van der Waals surface area contributed by atoms with Crippen LogP contribution in [0.4, 0.5) is 0 Å². The van der Waals surface area contributed by atoms with Crippen molar-refractivity contribution in [2.45, 2.75) is 41.0 Å². The summed E-state index contributed by atoms with van der Waals surface area (Å²) in [7, 11) is 0. The third-order valence-corrected chi connectivity index (χ3v) is 1.29. The van der Waals surface area contributed by atoms with Crippen LogP contribution >= 0.6 is 0 Å². The number of hydrogen-bond acceptors (Lipinski definition) is 4. The first-order valence-corrected chi connectivity index (χ1v) is 6.18. The monoisotopic (exact) mass is 235 g/mol. The Hall–Kier alpha value is -0.450. The molecule has 2 N–H and O–H groups in total. The molecule has 0 saturated heterocycles. The maximum absolute atomic E-state index is 10.7. The van der Waals surface area contributed by atoms with Gasteiger partial charge in [0.1, 0.15) is 6.61 Å². The van der Waals surface area contributed by atoms with E-state index in [1.165, 1.54) is 0 Å². The van der Waals surface area contributed by atoms with Crippen molar-refractivity contribution in [1.82, 2.24) is 0 Å². The fourth-order valence-corrected chi connectivity index (χ4v) is 0.591. The second-order valence-corrected chi connectivity index (χ2v) is 2.35. The van der Waals surface area contributed by atoms with Crippen molar-refractivity contribution in [2.75, 3.05) is 33.0 Å². The largest absolute Gasteiger partial charge is 0.378 e. The predicted octanol–water partition coefficient (Wildman–Crippen LogP) is 2.01. The molecule has 4 nitrogen and oxygen atoms in total. The summed E-state index contributed by atoms with van der Waals surface area (Å²) in [4.78, 5) is 10.7. The number of Topliss-reactive ketones (excluding diaryl/α,β-unsaturated/α-hetero) is 1. The van der Waals surface area contributed by atoms with Crippen LogP contribution in [0, 0.1) is 0 Å². The lowest BCUT2D eigenvalue weighted by Crippen LogP contribution is -2.14. The summed E-state index contributed by atoms with van der Waals surface area (Å²) >= 11 is 0. The van der Waals surface area contributed by atoms with E-state index in [-0.39, 0.29) is 12.4 Å². The Morgan fingerprint density at radius 2 is 1.50 bits per heavy atom. The first-order chi connectivity index (χ1) is 7.81. The zero-order valence-corrected chi connectivity index (χ0v) is 11.5. The minimum absolute atomic E-state index is 0.119. The number of hydrogen-bond donors (Lipinski definition) is 1. The van der Waals surface area contributed by atoms with E-state index in [0.29, 0.717) is 32.8 Å². The lowest BCUT2D eigenvalue weighted by molar-refractivity contribution is -0.123. The predicted molar refractivity (Wildman–Crippen MR) is 68.7 cm³/mol. The van der Waals surface area contributed by atoms with E-state index < -0.39 is 0 Å². The van der Waals surface area contributed by atoms with Gasteiger partial charge in [0.15, 0.2) is 5.78 Å². The summed E-state index contributed by atoms with van der Waals surface area (Å²) in [6.07, 6.45) is 0.531. The zero-order valence-electron chi connectivity index (χ0n) is 11.5. The van der Waals surface area contributed by atoms with Gasteiger partial charge in [-0.2, -0.15) is 0 Å². The lowest BCUT2D eigenvalue weighted by atomic mass is 10.3. The van der Waals surface area contributed by atoms with Crippen molar-refractivity contribution in [3.8, 4) is 0 Å². The highest BCUT2D eigenvalue weighted by Gasteiger charge is 1.96. The molecule has 0 unspecified atom stereocenters. The summed E-state index contributed by atoms with van der Waals surface area (Å²) in [5, 5.41) is 0. The molecule has 100 valence electrons. The van der Waals surface area contributed by atoms with E-state index >= 15 is 0 Å². The first-order valence-electron chi connectivity index (χ1n) is 6.18. The topological polar surface area (TPSA) is 61.5 Å². The summed E-state index contributed by atoms with van der Waals surface area (Å²) < 4.78 is 10.1. The standard InChI is InChI=1S/C8H17NO3.2C2H6/c1-2-8(10)7-12-6-5-11-4-3-9;2*1-2/h2-7,9H2,1H3;2*1-2H3. The second kappa shape index (κ2) is 24.0. The summed E-state index contributed by atoms with van der Waals surface area (Å²) in [5.41, 5.74) is 5.19. The third-order valence-electron chi connectivity index (χ3n) is 1.29. The van der Waals surface area contributed by atoms with E-state index in [1.807, 2.05) is 34.6 Å². The molecule has 16 heavy (non-hydrogen) atoms. The van der Waals surface area contributed by atoms with Crippen LogP contribution in [0.1, 0.15) is 41.0 Å². The molecule has 0 aliphatic carbocycles. The quantitative estimate of drug-likeness (QED) is 0.654. The highest BCUT2D eigenvalue weighted by molar-refractivity contribution is 5.79. The van der Waals surface area contributed by atoms with Crippen molar-refractivity contribution >= 4 is 5.78 Å². The average Bonchev–Trinajstić information content (AvgIpc) is 2.38. The Morgan fingerprint density at radius 1 is 1.00 bits per heavy atom. The molecular formula is C12H29NO3. The van der Waals surface area contributed by atoms with E-state index in [4.69, 9.17) is 15.2 Å². The van der Waals surface area contributed by atoms with Crippen LogP contribution < -0.4 is 5.73 Å². The van der Waals surface area contributed by atoms with Gasteiger partial charge >= 0.3 is 0 Å². The molecule has 0 saturated carbocycles. The van der Waals surface area contributed by atoms with Gasteiger partial charge in [-0.05, 0) is 0 Å². The smallest absolute Gasteiger partial charge is 0.158 e. The van der Waals surface area contributed by atoms with Crippen LogP contribution in [0.15, 0.2) is 0 Å². The van der Waals surface area contributed by atoms with Gasteiger partial charge in [-0.25, -0.2) is 0 Å². The number of carbonyl (C=O) groups is 1. The lowest BCUT2D eigenvalue weighted by Gasteiger charge is -2.02. The van der Waals surface area contributed by atoms with Gasteiger partial charge < -0.3 is 15.2 Å². The van der Waals surface area contributed by atoms with Gasteiger partial charge in [0, 0.05) is 13.0 Å². The van der Waals surface area contributed by atoms with Gasteiger partial charge in [-0.3, -0.25) is 4.79 Å². The van der Waals surface area contributed by atoms with Crippen molar-refractivity contribution < 1.29 is 14.3 Å². The zero-order chi connectivity index (χ0) is 13.2. The van der Waals surface area contributed by atoms with E-state index in [9.17, 15) is 4.79 Å². The van der Waals surface area contributed by atoms with Gasteiger partial charge in [-0.15, -0.1) is 0 Å². The number of nitrogens with two attached hydrogens (primary N) is 1. The van der Waals surface area contributed by atoms with Crippen LogP contribution in [-0.2, 0) is 14.3 Å². The Morgan fingerprint density at radius 3 is 1.94 bits per heavy atom. The molecular weight excluding hydrogens is 206 g/mol. The Bertz CT molecular complexity index is 119. The molecule has 0 heterocycles. The van der Waals surface area contributed by atoms with Crippen molar-refractivity contribution in [2.24, 2.45) is 5.73 Å². The summed E-state index contributed by atoms with van der Waals surface area (Å²) in [6.45, 7) is 12.1. The molecule has 0 rings (SSSR count). The van der Waals surface area contributed by atoms with Gasteiger partial charge in [-0.1, -0.05) is 34.6 Å². The van der Waals surface area contributed by atoms with E-state index in [1.54, 1.807) is 0 Å². The van der Waals surface area contributed by atoms with Crippen LogP contribution in [0.3, 0.4) is 0 Å². The van der Waals surface area contributed by atoms with Gasteiger partial charge in [0.25, 0.3) is 0 Å². The molecule has 0 atom stereocenters. The van der Waals surface area contributed by atoms with Crippen molar-refractivity contribution in [3.63, 3.8) is 0 Å². The molecule has 0 aliphatic rings. The normalized spacial score (nSPS) is 8.38. The number of carbonyl (C=O) groups excluding carboxylic acids is 1. The Balaban J connectivity index is -0.000000376. The number of ether oxygens (including phenoxy) is 2. The molecule has 0 fully saturated rings. The fourth-order valence-electron chi connectivity index (χ4n) is 0.591. The van der Waals surface area contributed by atoms with Gasteiger partial charge in [0.05, 0.1) is 19.8 Å². The second-order valence-electron chi connectivity index (χ2n) is 2.35. The summed E-state index contributed by atoms with van der Waals surface area (Å²) in [5.74, 6) is 0.119. The fraction of sp³-hybridized carbons (Fsp3) is 0.917. The van der Waals surface area contributed by atoms with Gasteiger partial charge in [0.2, 0.25) is 0 Å². The molecule has 0 bridgehead atoms. The Kier molecular flexibility index (Phi) is 31.4. The highest BCUT2D eigenvalue weighted by atomic mass is 16.5. The van der Waals surface area contributed by atoms with E-state index in [0.717, 1.165) is 0 Å². The maximum Gasteiger partial charge on any atom is 0.158 e. The molecule has 0 aromatic heterocycles. The van der Waals surface area contributed by atoms with E-state index in [2.05, 4.69) is 0 Å². The van der Waals surface area contributed by atoms with Crippen LogP contribution in [0.25, 0.3) is 0 Å². The molecule has 0 aromatic rings. The molecule has 0 radical (unpaired) electrons. The molecule has 0 amide bonds. The van der Waals surface area contributed by atoms with Crippen molar-refractivity contribution in [1.29, 1.82) is 0 Å². The average molecular weight is 235 g/mol. The highest BCUT2D eigenvalue weighted by Crippen LogP contribution is 1.83. The maximum atomic E-state index is 10.7. The van der Waals surface area contributed by atoms with Crippen LogP contribution in [-0.4, -0.2) is 38.8 Å².